The van der Waals surface area contributed by atoms with Crippen molar-refractivity contribution in [1.82, 2.24) is 15.3 Å². The molecule has 2 heterocycles. The standard InChI is InChI=1S/C24H32ClN5S/c1-18-9-8-14-30(16-18)21-15-20(25)27-22(28-21)29-23(31)26-17-24(12-6-3-7-13-24)19-10-4-2-5-11-19/h2,4-5,10-11,15,18H,3,6-9,12-14,16-17H2,1H3,(H2,26,27,28,29,31)/t18-/m0/s1. The molecule has 2 N–H and O–H groups in total. The summed E-state index contributed by atoms with van der Waals surface area (Å²) in [5.74, 6) is 1.98. The monoisotopic (exact) mass is 457 g/mol. The van der Waals surface area contributed by atoms with Crippen molar-refractivity contribution in [2.45, 2.75) is 57.3 Å². The number of nitrogens with one attached hydrogen (secondary N) is 2. The van der Waals surface area contributed by atoms with Crippen LogP contribution in [-0.4, -0.2) is 34.7 Å². The molecule has 7 heteroatoms. The number of hydrogen-bond donors (Lipinski definition) is 2. The Bertz CT molecular complexity index is 885. The summed E-state index contributed by atoms with van der Waals surface area (Å²) in [5, 5.41) is 7.59. The first-order valence-corrected chi connectivity index (χ1v) is 12.2. The zero-order chi connectivity index (χ0) is 21.7. The third kappa shape index (κ3) is 5.66. The highest BCUT2D eigenvalue weighted by Crippen LogP contribution is 2.39. The summed E-state index contributed by atoms with van der Waals surface area (Å²) in [5.41, 5.74) is 1.51. The van der Waals surface area contributed by atoms with E-state index in [4.69, 9.17) is 28.8 Å². The maximum Gasteiger partial charge on any atom is 0.232 e. The highest BCUT2D eigenvalue weighted by atomic mass is 35.5. The molecule has 1 aromatic carbocycles. The summed E-state index contributed by atoms with van der Waals surface area (Å²) in [6, 6.07) is 12.7. The first-order chi connectivity index (χ1) is 15.0. The average molecular weight is 458 g/mol. The molecular formula is C24H32ClN5S. The minimum atomic E-state index is 0.121. The Hall–Kier alpha value is -1.92. The van der Waals surface area contributed by atoms with Crippen molar-refractivity contribution in [3.8, 4) is 0 Å². The molecule has 166 valence electrons. The fraction of sp³-hybridized carbons (Fsp3) is 0.542. The van der Waals surface area contributed by atoms with Gasteiger partial charge in [0.25, 0.3) is 0 Å². The molecule has 1 aliphatic heterocycles. The van der Waals surface area contributed by atoms with E-state index in [-0.39, 0.29) is 5.41 Å². The lowest BCUT2D eigenvalue weighted by molar-refractivity contribution is 0.292. The number of hydrogen-bond acceptors (Lipinski definition) is 4. The Labute approximate surface area is 196 Å². The Balaban J connectivity index is 1.42. The van der Waals surface area contributed by atoms with Crippen LogP contribution in [-0.2, 0) is 5.41 Å². The summed E-state index contributed by atoms with van der Waals surface area (Å²) in [6.07, 6.45) is 8.61. The normalized spacial score (nSPS) is 20.8. The molecule has 2 aromatic rings. The van der Waals surface area contributed by atoms with Gasteiger partial charge in [0.1, 0.15) is 11.0 Å². The Morgan fingerprint density at radius 1 is 1.16 bits per heavy atom. The molecule has 2 aliphatic rings. The third-order valence-electron chi connectivity index (χ3n) is 6.67. The van der Waals surface area contributed by atoms with Crippen LogP contribution in [0.3, 0.4) is 0 Å². The molecule has 0 bridgehead atoms. The summed E-state index contributed by atoms with van der Waals surface area (Å²) in [4.78, 5) is 11.3. The summed E-state index contributed by atoms with van der Waals surface area (Å²) in [7, 11) is 0. The zero-order valence-corrected chi connectivity index (χ0v) is 19.8. The summed E-state index contributed by atoms with van der Waals surface area (Å²) < 4.78 is 0. The fourth-order valence-corrected chi connectivity index (χ4v) is 5.35. The minimum Gasteiger partial charge on any atom is -0.361 e. The number of benzene rings is 1. The van der Waals surface area contributed by atoms with Crippen LogP contribution in [0.1, 0.15) is 57.4 Å². The van der Waals surface area contributed by atoms with Gasteiger partial charge in [0, 0.05) is 31.1 Å². The molecule has 31 heavy (non-hydrogen) atoms. The zero-order valence-electron chi connectivity index (χ0n) is 18.2. The van der Waals surface area contributed by atoms with Gasteiger partial charge in [-0.3, -0.25) is 0 Å². The smallest absolute Gasteiger partial charge is 0.232 e. The summed E-state index contributed by atoms with van der Waals surface area (Å²) in [6.45, 7) is 5.08. The SMILES string of the molecule is C[C@H]1CCCN(c2cc(Cl)nc(NC(=S)NCC3(c4ccccc4)CCCCC3)n2)C1. The van der Waals surface area contributed by atoms with E-state index in [1.807, 2.05) is 6.07 Å². The molecule has 5 nitrogen and oxygen atoms in total. The van der Waals surface area contributed by atoms with Gasteiger partial charge in [-0.25, -0.2) is 4.98 Å². The lowest BCUT2D eigenvalue weighted by atomic mass is 9.69. The molecule has 0 spiro atoms. The Morgan fingerprint density at radius 3 is 2.68 bits per heavy atom. The van der Waals surface area contributed by atoms with Gasteiger partial charge >= 0.3 is 0 Å². The van der Waals surface area contributed by atoms with Crippen LogP contribution in [0.4, 0.5) is 11.8 Å². The first kappa shape index (κ1) is 22.3. The lowest BCUT2D eigenvalue weighted by Crippen LogP contribution is -2.43. The molecule has 1 saturated heterocycles. The largest absolute Gasteiger partial charge is 0.361 e. The quantitative estimate of drug-likeness (QED) is 0.453. The predicted molar refractivity (Wildman–Crippen MR) is 133 cm³/mol. The van der Waals surface area contributed by atoms with Crippen LogP contribution in [0, 0.1) is 5.92 Å². The van der Waals surface area contributed by atoms with Gasteiger partial charge in [-0.1, -0.05) is 68.1 Å². The second kappa shape index (κ2) is 10.1. The highest BCUT2D eigenvalue weighted by Gasteiger charge is 2.33. The number of aromatic nitrogens is 2. The Kier molecular flexibility index (Phi) is 7.28. The molecule has 4 rings (SSSR count). The van der Waals surface area contributed by atoms with Crippen molar-refractivity contribution in [2.24, 2.45) is 5.92 Å². The molecule has 1 aromatic heterocycles. The predicted octanol–water partition coefficient (Wildman–Crippen LogP) is 5.55. The number of halogens is 1. The summed E-state index contributed by atoms with van der Waals surface area (Å²) >= 11 is 11.9. The molecule has 0 amide bonds. The van der Waals surface area contributed by atoms with Crippen LogP contribution in [0.15, 0.2) is 36.4 Å². The molecule has 0 radical (unpaired) electrons. The van der Waals surface area contributed by atoms with Crippen molar-refractivity contribution in [2.75, 3.05) is 29.9 Å². The first-order valence-electron chi connectivity index (χ1n) is 11.4. The van der Waals surface area contributed by atoms with Gasteiger partial charge in [0.2, 0.25) is 5.95 Å². The van der Waals surface area contributed by atoms with Gasteiger partial charge in [0.15, 0.2) is 5.11 Å². The minimum absolute atomic E-state index is 0.121. The highest BCUT2D eigenvalue weighted by molar-refractivity contribution is 7.80. The Morgan fingerprint density at radius 2 is 1.94 bits per heavy atom. The molecular weight excluding hydrogens is 426 g/mol. The van der Waals surface area contributed by atoms with Gasteiger partial charge < -0.3 is 15.5 Å². The molecule has 2 fully saturated rings. The van der Waals surface area contributed by atoms with Crippen molar-refractivity contribution >= 4 is 40.7 Å². The molecule has 1 atom stereocenters. The van der Waals surface area contributed by atoms with E-state index in [1.165, 1.54) is 50.5 Å². The third-order valence-corrected chi connectivity index (χ3v) is 7.11. The topological polar surface area (TPSA) is 53.1 Å². The van der Waals surface area contributed by atoms with E-state index in [0.29, 0.717) is 22.1 Å². The van der Waals surface area contributed by atoms with Crippen LogP contribution >= 0.6 is 23.8 Å². The van der Waals surface area contributed by atoms with E-state index in [1.54, 1.807) is 0 Å². The van der Waals surface area contributed by atoms with Gasteiger partial charge in [-0.05, 0) is 49.4 Å². The number of anilines is 2. The average Bonchev–Trinajstić information content (AvgIpc) is 2.79. The van der Waals surface area contributed by atoms with Gasteiger partial charge in [0.05, 0.1) is 0 Å². The van der Waals surface area contributed by atoms with Crippen LogP contribution in [0.25, 0.3) is 0 Å². The maximum absolute atomic E-state index is 6.31. The second-order valence-corrected chi connectivity index (χ2v) is 9.88. The van der Waals surface area contributed by atoms with Crippen LogP contribution in [0.5, 0.6) is 0 Å². The lowest BCUT2D eigenvalue weighted by Gasteiger charge is -2.38. The van der Waals surface area contributed by atoms with E-state index in [9.17, 15) is 0 Å². The molecule has 1 saturated carbocycles. The molecule has 1 aliphatic carbocycles. The van der Waals surface area contributed by atoms with Crippen molar-refractivity contribution < 1.29 is 0 Å². The fourth-order valence-electron chi connectivity index (χ4n) is 5.00. The van der Waals surface area contributed by atoms with Gasteiger partial charge in [-0.2, -0.15) is 4.98 Å². The number of piperidine rings is 1. The van der Waals surface area contributed by atoms with E-state index < -0.39 is 0 Å². The van der Waals surface area contributed by atoms with E-state index >= 15 is 0 Å². The van der Waals surface area contributed by atoms with Crippen molar-refractivity contribution in [3.63, 3.8) is 0 Å². The number of thiocarbonyl (C=S) groups is 1. The van der Waals surface area contributed by atoms with Crippen LogP contribution in [0.2, 0.25) is 5.15 Å². The molecule has 0 unspecified atom stereocenters. The van der Waals surface area contributed by atoms with Crippen LogP contribution < -0.4 is 15.5 Å². The maximum atomic E-state index is 6.31. The second-order valence-electron chi connectivity index (χ2n) is 9.08. The number of rotatable bonds is 5. The van der Waals surface area contributed by atoms with Gasteiger partial charge in [-0.15, -0.1) is 0 Å². The van der Waals surface area contributed by atoms with E-state index in [0.717, 1.165) is 25.5 Å². The van der Waals surface area contributed by atoms with Crippen molar-refractivity contribution in [3.05, 3.63) is 47.1 Å². The van der Waals surface area contributed by atoms with E-state index in [2.05, 4.69) is 57.8 Å². The van der Waals surface area contributed by atoms with Crippen molar-refractivity contribution in [1.29, 1.82) is 0 Å². The number of nitrogens with zero attached hydrogens (tertiary/aromatic N) is 3.